The molecule has 0 bridgehead atoms. The zero-order chi connectivity index (χ0) is 23.5. The Balaban J connectivity index is 1.77. The number of nitrogens with zero attached hydrogens (tertiary/aromatic N) is 3. The number of aryl methyl sites for hydroxylation is 2. The van der Waals surface area contributed by atoms with Crippen molar-refractivity contribution in [1.82, 2.24) is 14.7 Å². The van der Waals surface area contributed by atoms with Crippen molar-refractivity contribution in [2.75, 3.05) is 24.2 Å². The molecular formula is C25H31N5O2. The summed E-state index contributed by atoms with van der Waals surface area (Å²) >= 11 is 0. The van der Waals surface area contributed by atoms with Crippen LogP contribution in [0.2, 0.25) is 0 Å². The van der Waals surface area contributed by atoms with E-state index >= 15 is 0 Å². The number of carbonyl (C=O) groups excluding carboxylic acids is 2. The number of hydrogen-bond donors (Lipinski definition) is 2. The lowest BCUT2D eigenvalue weighted by Gasteiger charge is -2.18. The summed E-state index contributed by atoms with van der Waals surface area (Å²) in [6.07, 6.45) is 0. The number of carbonyl (C=O) groups is 2. The minimum Gasteiger partial charge on any atom is -0.318 e. The molecule has 2 N–H and O–H groups in total. The van der Waals surface area contributed by atoms with Crippen LogP contribution >= 0.6 is 0 Å². The normalized spacial score (nSPS) is 11.2. The highest BCUT2D eigenvalue weighted by atomic mass is 16.2. The smallest absolute Gasteiger partial charge is 0.318 e. The number of anilines is 2. The predicted octanol–water partition coefficient (Wildman–Crippen LogP) is 4.89. The molecule has 0 saturated carbocycles. The van der Waals surface area contributed by atoms with Crippen LogP contribution in [-0.2, 0) is 10.2 Å². The molecule has 2 aromatic carbocycles. The number of rotatable bonds is 5. The van der Waals surface area contributed by atoms with Crippen molar-refractivity contribution in [3.05, 3.63) is 71.4 Å². The van der Waals surface area contributed by atoms with Crippen molar-refractivity contribution in [3.8, 4) is 5.69 Å². The van der Waals surface area contributed by atoms with Gasteiger partial charge in [0.2, 0.25) is 5.91 Å². The molecule has 168 valence electrons. The third-order valence-electron chi connectivity index (χ3n) is 5.20. The van der Waals surface area contributed by atoms with Crippen molar-refractivity contribution in [1.29, 1.82) is 0 Å². The Labute approximate surface area is 189 Å². The van der Waals surface area contributed by atoms with Crippen LogP contribution < -0.4 is 10.6 Å². The van der Waals surface area contributed by atoms with Gasteiger partial charge in [0.05, 0.1) is 11.4 Å². The van der Waals surface area contributed by atoms with Crippen molar-refractivity contribution in [2.45, 2.75) is 40.0 Å². The summed E-state index contributed by atoms with van der Waals surface area (Å²) in [6.45, 7) is 10.1. The number of para-hydroxylation sites is 2. The average molecular weight is 434 g/mol. The molecule has 0 spiro atoms. The third-order valence-corrected chi connectivity index (χ3v) is 5.20. The van der Waals surface area contributed by atoms with Crippen LogP contribution in [0.3, 0.4) is 0 Å². The molecule has 0 atom stereocenters. The van der Waals surface area contributed by atoms with Gasteiger partial charge in [0.15, 0.2) is 0 Å². The first-order chi connectivity index (χ1) is 15.1. The van der Waals surface area contributed by atoms with Crippen LogP contribution in [0, 0.1) is 13.8 Å². The Morgan fingerprint density at radius 2 is 1.59 bits per heavy atom. The van der Waals surface area contributed by atoms with E-state index in [9.17, 15) is 9.59 Å². The van der Waals surface area contributed by atoms with Gasteiger partial charge in [-0.15, -0.1) is 0 Å². The fourth-order valence-electron chi connectivity index (χ4n) is 3.21. The summed E-state index contributed by atoms with van der Waals surface area (Å²) in [5.41, 5.74) is 4.29. The molecule has 3 rings (SSSR count). The maximum Gasteiger partial charge on any atom is 0.322 e. The maximum absolute atomic E-state index is 12.8. The van der Waals surface area contributed by atoms with Crippen molar-refractivity contribution >= 4 is 23.4 Å². The van der Waals surface area contributed by atoms with Crippen molar-refractivity contribution < 1.29 is 9.59 Å². The SMILES string of the molecule is Cc1ccccc1NC(=O)N(C)CC(=O)Nc1cc(C(C)(C)C)nn1-c1ccccc1C. The Hall–Kier alpha value is -3.61. The third kappa shape index (κ3) is 5.35. The first kappa shape index (κ1) is 23.1. The summed E-state index contributed by atoms with van der Waals surface area (Å²) < 4.78 is 1.75. The maximum atomic E-state index is 12.8. The lowest BCUT2D eigenvalue weighted by Crippen LogP contribution is -2.38. The summed E-state index contributed by atoms with van der Waals surface area (Å²) in [6, 6.07) is 16.9. The number of aromatic nitrogens is 2. The first-order valence-corrected chi connectivity index (χ1v) is 10.6. The van der Waals surface area contributed by atoms with Gasteiger partial charge in [0, 0.05) is 24.2 Å². The van der Waals surface area contributed by atoms with Gasteiger partial charge in [-0.2, -0.15) is 5.10 Å². The van der Waals surface area contributed by atoms with Gasteiger partial charge in [0.25, 0.3) is 0 Å². The second-order valence-corrected chi connectivity index (χ2v) is 9.01. The van der Waals surface area contributed by atoms with Gasteiger partial charge in [-0.3, -0.25) is 4.79 Å². The van der Waals surface area contributed by atoms with Crippen LogP contribution in [0.15, 0.2) is 54.6 Å². The highest BCUT2D eigenvalue weighted by Crippen LogP contribution is 2.27. The van der Waals surface area contributed by atoms with Crippen LogP contribution in [-0.4, -0.2) is 40.2 Å². The fourth-order valence-corrected chi connectivity index (χ4v) is 3.21. The van der Waals surface area contributed by atoms with E-state index in [2.05, 4.69) is 31.4 Å². The lowest BCUT2D eigenvalue weighted by atomic mass is 9.92. The number of benzene rings is 2. The second-order valence-electron chi connectivity index (χ2n) is 9.01. The molecule has 3 amide bonds. The Morgan fingerprint density at radius 3 is 2.22 bits per heavy atom. The van der Waals surface area contributed by atoms with Gasteiger partial charge in [0.1, 0.15) is 12.4 Å². The Kier molecular flexibility index (Phi) is 6.67. The van der Waals surface area contributed by atoms with E-state index in [0.717, 1.165) is 28.2 Å². The molecular weight excluding hydrogens is 402 g/mol. The van der Waals surface area contributed by atoms with Crippen LogP contribution in [0.25, 0.3) is 5.69 Å². The molecule has 0 fully saturated rings. The standard InChI is InChI=1S/C25H31N5O2/c1-17-11-7-9-13-19(17)26-24(32)29(6)16-23(31)27-22-15-21(25(3,4)5)28-30(22)20-14-10-8-12-18(20)2/h7-15H,16H2,1-6H3,(H,26,32)(H,27,31). The molecule has 1 heterocycles. The summed E-state index contributed by atoms with van der Waals surface area (Å²) in [7, 11) is 1.59. The van der Waals surface area contributed by atoms with Gasteiger partial charge in [-0.25, -0.2) is 9.48 Å². The molecule has 0 unspecified atom stereocenters. The Morgan fingerprint density at radius 1 is 0.969 bits per heavy atom. The topological polar surface area (TPSA) is 79.3 Å². The lowest BCUT2D eigenvalue weighted by molar-refractivity contribution is -0.116. The second kappa shape index (κ2) is 9.26. The highest BCUT2D eigenvalue weighted by molar-refractivity contribution is 5.97. The van der Waals surface area contributed by atoms with Crippen LogP contribution in [0.5, 0.6) is 0 Å². The molecule has 7 nitrogen and oxygen atoms in total. The number of urea groups is 1. The van der Waals surface area contributed by atoms with Crippen molar-refractivity contribution in [2.24, 2.45) is 0 Å². The van der Waals surface area contributed by atoms with E-state index in [1.54, 1.807) is 11.7 Å². The molecule has 0 saturated heterocycles. The summed E-state index contributed by atoms with van der Waals surface area (Å²) in [5, 5.41) is 10.5. The van der Waals surface area contributed by atoms with E-state index in [-0.39, 0.29) is 23.9 Å². The molecule has 0 aliphatic heterocycles. The van der Waals surface area contributed by atoms with Gasteiger partial charge in [-0.05, 0) is 37.1 Å². The van der Waals surface area contributed by atoms with Gasteiger partial charge in [-0.1, -0.05) is 57.2 Å². The number of likely N-dealkylation sites (N-methyl/N-ethyl adjacent to an activating group) is 1. The minimum atomic E-state index is -0.350. The summed E-state index contributed by atoms with van der Waals surface area (Å²) in [4.78, 5) is 26.7. The minimum absolute atomic E-state index is 0.0957. The molecule has 3 aromatic rings. The van der Waals surface area contributed by atoms with Gasteiger partial charge >= 0.3 is 6.03 Å². The first-order valence-electron chi connectivity index (χ1n) is 10.6. The van der Waals surface area contributed by atoms with E-state index in [1.165, 1.54) is 4.90 Å². The highest BCUT2D eigenvalue weighted by Gasteiger charge is 2.23. The fraction of sp³-hybridized carbons (Fsp3) is 0.320. The largest absolute Gasteiger partial charge is 0.322 e. The molecule has 32 heavy (non-hydrogen) atoms. The van der Waals surface area contributed by atoms with Crippen LogP contribution in [0.1, 0.15) is 37.6 Å². The number of nitrogens with one attached hydrogen (secondary N) is 2. The number of amides is 3. The zero-order valence-corrected chi connectivity index (χ0v) is 19.6. The quantitative estimate of drug-likeness (QED) is 0.601. The number of hydrogen-bond acceptors (Lipinski definition) is 3. The molecule has 7 heteroatoms. The van der Waals surface area contributed by atoms with Crippen LogP contribution in [0.4, 0.5) is 16.3 Å². The Bertz CT molecular complexity index is 1130. The van der Waals surface area contributed by atoms with E-state index in [1.807, 2.05) is 68.4 Å². The van der Waals surface area contributed by atoms with E-state index < -0.39 is 0 Å². The van der Waals surface area contributed by atoms with E-state index in [0.29, 0.717) is 5.82 Å². The molecule has 1 aromatic heterocycles. The summed E-state index contributed by atoms with van der Waals surface area (Å²) in [5.74, 6) is 0.268. The van der Waals surface area contributed by atoms with E-state index in [4.69, 9.17) is 5.10 Å². The average Bonchev–Trinajstić information content (AvgIpc) is 3.13. The van der Waals surface area contributed by atoms with Crippen molar-refractivity contribution in [3.63, 3.8) is 0 Å². The molecule has 0 aliphatic rings. The zero-order valence-electron chi connectivity index (χ0n) is 19.6. The molecule has 0 radical (unpaired) electrons. The predicted molar refractivity (Wildman–Crippen MR) is 128 cm³/mol. The molecule has 0 aliphatic carbocycles. The monoisotopic (exact) mass is 433 g/mol. The van der Waals surface area contributed by atoms with Gasteiger partial charge < -0.3 is 15.5 Å².